The van der Waals surface area contributed by atoms with Crippen molar-refractivity contribution in [2.24, 2.45) is 23.7 Å². The van der Waals surface area contributed by atoms with Gasteiger partial charge in [-0.2, -0.15) is 0 Å². The topological polar surface area (TPSA) is 50.9 Å². The van der Waals surface area contributed by atoms with Crippen molar-refractivity contribution < 1.29 is 5.11 Å². The Kier molecular flexibility index (Phi) is 2.31. The summed E-state index contributed by atoms with van der Waals surface area (Å²) in [6, 6.07) is 0. The van der Waals surface area contributed by atoms with Crippen LogP contribution in [0.15, 0.2) is 0 Å². The van der Waals surface area contributed by atoms with Crippen molar-refractivity contribution >= 4 is 0 Å². The van der Waals surface area contributed by atoms with Crippen LogP contribution in [0.4, 0.5) is 0 Å². The predicted molar refractivity (Wildman–Crippen MR) is 66.8 cm³/mol. The van der Waals surface area contributed by atoms with Crippen LogP contribution in [-0.2, 0) is 13.2 Å². The van der Waals surface area contributed by atoms with E-state index in [1.165, 1.54) is 25.1 Å². The summed E-state index contributed by atoms with van der Waals surface area (Å²) in [7, 11) is 0. The minimum atomic E-state index is 0.0158. The van der Waals surface area contributed by atoms with Crippen LogP contribution in [-0.4, -0.2) is 19.9 Å². The second-order valence-corrected chi connectivity index (χ2v) is 6.30. The molecule has 0 radical (unpaired) electrons. The molecule has 2 bridgehead atoms. The molecule has 0 spiro atoms. The summed E-state index contributed by atoms with van der Waals surface area (Å²) < 4.78 is 2.18. The molecule has 0 saturated heterocycles. The Morgan fingerprint density at radius 2 is 1.94 bits per heavy atom. The molecule has 0 aromatic carbocycles. The zero-order chi connectivity index (χ0) is 12.3. The van der Waals surface area contributed by atoms with Gasteiger partial charge in [-0.1, -0.05) is 6.92 Å². The highest BCUT2D eigenvalue weighted by Crippen LogP contribution is 2.72. The fraction of sp³-hybridized carbons (Fsp3) is 0.857. The third kappa shape index (κ3) is 1.30. The molecule has 3 fully saturated rings. The van der Waals surface area contributed by atoms with E-state index in [0.717, 1.165) is 42.5 Å². The molecule has 98 valence electrons. The quantitative estimate of drug-likeness (QED) is 0.884. The fourth-order valence-electron chi connectivity index (χ4n) is 4.85. The van der Waals surface area contributed by atoms with E-state index in [4.69, 9.17) is 0 Å². The van der Waals surface area contributed by atoms with Gasteiger partial charge < -0.3 is 9.67 Å². The van der Waals surface area contributed by atoms with E-state index >= 15 is 0 Å². The summed E-state index contributed by atoms with van der Waals surface area (Å²) in [5.74, 6) is 6.32. The average molecular weight is 247 g/mol. The van der Waals surface area contributed by atoms with Gasteiger partial charge in [0.1, 0.15) is 12.4 Å². The molecule has 1 heterocycles. The van der Waals surface area contributed by atoms with Gasteiger partial charge in [-0.3, -0.25) is 0 Å². The first-order valence-electron chi connectivity index (χ1n) is 7.38. The lowest BCUT2D eigenvalue weighted by atomic mass is 10.0. The Bertz CT molecular complexity index is 454. The summed E-state index contributed by atoms with van der Waals surface area (Å²) in [6.07, 6.45) is 5.43. The van der Waals surface area contributed by atoms with Crippen molar-refractivity contribution in [3.05, 3.63) is 11.6 Å². The van der Waals surface area contributed by atoms with Crippen LogP contribution in [0, 0.1) is 23.7 Å². The molecule has 1 N–H and O–H groups in total. The Balaban J connectivity index is 1.64. The molecular formula is C14H21N3O. The summed E-state index contributed by atoms with van der Waals surface area (Å²) in [4.78, 5) is 0. The molecule has 4 unspecified atom stereocenters. The van der Waals surface area contributed by atoms with Gasteiger partial charge in [0.15, 0.2) is 5.82 Å². The lowest BCUT2D eigenvalue weighted by Gasteiger charge is -2.11. The maximum Gasteiger partial charge on any atom is 0.158 e. The maximum atomic E-state index is 9.36. The third-order valence-electron chi connectivity index (χ3n) is 5.48. The summed E-state index contributed by atoms with van der Waals surface area (Å²) in [5.41, 5.74) is 0. The molecule has 4 atom stereocenters. The van der Waals surface area contributed by atoms with Gasteiger partial charge in [-0.15, -0.1) is 10.2 Å². The number of rotatable bonds is 4. The summed E-state index contributed by atoms with van der Waals surface area (Å²) in [5, 5.41) is 17.9. The van der Waals surface area contributed by atoms with E-state index < -0.39 is 0 Å². The van der Waals surface area contributed by atoms with Crippen molar-refractivity contribution in [3.8, 4) is 0 Å². The maximum absolute atomic E-state index is 9.36. The van der Waals surface area contributed by atoms with Crippen LogP contribution in [0.1, 0.15) is 50.2 Å². The van der Waals surface area contributed by atoms with Crippen molar-refractivity contribution in [1.29, 1.82) is 0 Å². The van der Waals surface area contributed by atoms with E-state index in [1.807, 2.05) is 0 Å². The van der Waals surface area contributed by atoms with Gasteiger partial charge in [-0.25, -0.2) is 0 Å². The van der Waals surface area contributed by atoms with Crippen LogP contribution in [0.2, 0.25) is 0 Å². The minimum Gasteiger partial charge on any atom is -0.388 e. The van der Waals surface area contributed by atoms with Crippen LogP contribution in [0.5, 0.6) is 0 Å². The molecule has 1 aromatic rings. The van der Waals surface area contributed by atoms with E-state index in [9.17, 15) is 5.11 Å². The number of hydrogen-bond acceptors (Lipinski definition) is 3. The molecule has 1 aromatic heterocycles. The van der Waals surface area contributed by atoms with Gasteiger partial charge in [0.25, 0.3) is 0 Å². The molecule has 4 rings (SSSR count). The average Bonchev–Trinajstić information content (AvgIpc) is 2.77. The van der Waals surface area contributed by atoms with Crippen molar-refractivity contribution in [2.45, 2.75) is 51.7 Å². The van der Waals surface area contributed by atoms with Gasteiger partial charge in [0.2, 0.25) is 0 Å². The van der Waals surface area contributed by atoms with Crippen LogP contribution in [0.25, 0.3) is 0 Å². The van der Waals surface area contributed by atoms with Crippen LogP contribution >= 0.6 is 0 Å². The summed E-state index contributed by atoms with van der Waals surface area (Å²) >= 11 is 0. The Labute approximate surface area is 107 Å². The Morgan fingerprint density at radius 3 is 2.56 bits per heavy atom. The van der Waals surface area contributed by atoms with Crippen molar-refractivity contribution in [1.82, 2.24) is 14.8 Å². The first kappa shape index (κ1) is 11.0. The van der Waals surface area contributed by atoms with Gasteiger partial charge >= 0.3 is 0 Å². The zero-order valence-electron chi connectivity index (χ0n) is 10.9. The first-order valence-corrected chi connectivity index (χ1v) is 7.38. The third-order valence-corrected chi connectivity index (χ3v) is 5.48. The summed E-state index contributed by atoms with van der Waals surface area (Å²) in [6.45, 7) is 3.13. The zero-order valence-corrected chi connectivity index (χ0v) is 10.9. The smallest absolute Gasteiger partial charge is 0.158 e. The number of aromatic nitrogens is 3. The monoisotopic (exact) mass is 247 g/mol. The first-order chi connectivity index (χ1) is 8.85. The van der Waals surface area contributed by atoms with E-state index in [2.05, 4.69) is 21.7 Å². The molecule has 4 nitrogen and oxygen atoms in total. The molecule has 0 aliphatic heterocycles. The largest absolute Gasteiger partial charge is 0.388 e. The number of fused-ring (bicyclic) bond motifs is 5. The standard InChI is InChI=1S/C14H21N3O/c1-2-5-17-10(7-18)15-16-14(17)13-11-8-3-4-9(6-8)12(11)13/h8-9,11-13,18H,2-7H2,1H3. The number of nitrogens with zero attached hydrogens (tertiary/aromatic N) is 3. The number of aliphatic hydroxyl groups excluding tert-OH is 1. The highest BCUT2D eigenvalue weighted by Gasteiger charge is 2.66. The van der Waals surface area contributed by atoms with Crippen molar-refractivity contribution in [3.63, 3.8) is 0 Å². The SMILES string of the molecule is CCCn1c(CO)nnc1C1C2C3CCC(C3)C12. The molecule has 3 aliphatic rings. The number of aliphatic hydroxyl groups is 1. The van der Waals surface area contributed by atoms with Crippen LogP contribution in [0.3, 0.4) is 0 Å². The van der Waals surface area contributed by atoms with E-state index in [0.29, 0.717) is 5.92 Å². The Morgan fingerprint density at radius 1 is 1.22 bits per heavy atom. The second kappa shape index (κ2) is 3.80. The highest BCUT2D eigenvalue weighted by atomic mass is 16.3. The number of hydrogen-bond donors (Lipinski definition) is 1. The molecule has 0 amide bonds. The second-order valence-electron chi connectivity index (χ2n) is 6.30. The lowest BCUT2D eigenvalue weighted by molar-refractivity contribution is 0.263. The molecule has 4 heteroatoms. The minimum absolute atomic E-state index is 0.0158. The van der Waals surface area contributed by atoms with Crippen molar-refractivity contribution in [2.75, 3.05) is 0 Å². The molecule has 3 saturated carbocycles. The fourth-order valence-corrected chi connectivity index (χ4v) is 4.85. The van der Waals surface area contributed by atoms with Gasteiger partial charge in [-0.05, 0) is 49.4 Å². The molecule has 18 heavy (non-hydrogen) atoms. The van der Waals surface area contributed by atoms with E-state index in [1.54, 1.807) is 0 Å². The lowest BCUT2D eigenvalue weighted by Crippen LogP contribution is -2.09. The van der Waals surface area contributed by atoms with Gasteiger partial charge in [0, 0.05) is 12.5 Å². The molecular weight excluding hydrogens is 226 g/mol. The van der Waals surface area contributed by atoms with Crippen LogP contribution < -0.4 is 0 Å². The van der Waals surface area contributed by atoms with Gasteiger partial charge in [0.05, 0.1) is 0 Å². The van der Waals surface area contributed by atoms with E-state index in [-0.39, 0.29) is 6.61 Å². The Hall–Kier alpha value is -0.900. The normalized spacial score (nSPS) is 40.2. The molecule has 3 aliphatic carbocycles. The highest BCUT2D eigenvalue weighted by molar-refractivity contribution is 5.25. The predicted octanol–water partition coefficient (Wildman–Crippen LogP) is 1.94.